The van der Waals surface area contributed by atoms with Crippen molar-refractivity contribution in [1.82, 2.24) is 15.1 Å². The zero-order chi connectivity index (χ0) is 15.5. The van der Waals surface area contributed by atoms with Gasteiger partial charge in [-0.15, -0.1) is 12.4 Å². The molecule has 6 heteroatoms. The van der Waals surface area contributed by atoms with Gasteiger partial charge in [0.25, 0.3) is 0 Å². The first-order valence-electron chi connectivity index (χ1n) is 7.79. The third-order valence-electron chi connectivity index (χ3n) is 4.08. The predicted molar refractivity (Wildman–Crippen MR) is 94.5 cm³/mol. The van der Waals surface area contributed by atoms with E-state index in [0.717, 1.165) is 48.7 Å². The summed E-state index contributed by atoms with van der Waals surface area (Å²) in [4.78, 5) is 12.3. The Morgan fingerprint density at radius 2 is 2.00 bits per heavy atom. The van der Waals surface area contributed by atoms with Crippen molar-refractivity contribution in [3.63, 3.8) is 0 Å². The smallest absolute Gasteiger partial charge is 0.227 e. The number of piperidine rings is 1. The van der Waals surface area contributed by atoms with Crippen molar-refractivity contribution in [2.24, 2.45) is 5.92 Å². The highest BCUT2D eigenvalue weighted by molar-refractivity contribution is 5.92. The first-order valence-corrected chi connectivity index (χ1v) is 7.79. The van der Waals surface area contributed by atoms with Gasteiger partial charge in [-0.05, 0) is 64.0 Å². The molecule has 1 aromatic carbocycles. The maximum atomic E-state index is 12.3. The average Bonchev–Trinajstić information content (AvgIpc) is 2.87. The molecule has 1 aliphatic heterocycles. The number of carbonyl (C=O) groups excluding carboxylic acids is 1. The molecule has 0 atom stereocenters. The Hall–Kier alpha value is -1.85. The SMILES string of the molecule is Cc1cc(C)n(-c2cccc(NC(=O)C3CCNCC3)c2)n1.Cl. The van der Waals surface area contributed by atoms with Crippen LogP contribution in [0.2, 0.25) is 0 Å². The van der Waals surface area contributed by atoms with Gasteiger partial charge in [-0.1, -0.05) is 6.07 Å². The van der Waals surface area contributed by atoms with E-state index in [-0.39, 0.29) is 24.2 Å². The summed E-state index contributed by atoms with van der Waals surface area (Å²) in [6.45, 7) is 5.85. The molecule has 1 aliphatic rings. The van der Waals surface area contributed by atoms with E-state index in [4.69, 9.17) is 0 Å². The summed E-state index contributed by atoms with van der Waals surface area (Å²) >= 11 is 0. The van der Waals surface area contributed by atoms with E-state index < -0.39 is 0 Å². The number of halogens is 1. The predicted octanol–water partition coefficient (Wildman–Crippen LogP) is 2.85. The molecular weight excluding hydrogens is 312 g/mol. The molecule has 1 aromatic heterocycles. The number of nitrogens with zero attached hydrogens (tertiary/aromatic N) is 2. The molecule has 3 rings (SSSR count). The van der Waals surface area contributed by atoms with Crippen LogP contribution in [-0.4, -0.2) is 28.8 Å². The molecule has 2 heterocycles. The second-order valence-corrected chi connectivity index (χ2v) is 5.90. The highest BCUT2D eigenvalue weighted by Crippen LogP contribution is 2.19. The van der Waals surface area contributed by atoms with E-state index in [1.54, 1.807) is 0 Å². The number of carbonyl (C=O) groups is 1. The van der Waals surface area contributed by atoms with Crippen LogP contribution in [0.4, 0.5) is 5.69 Å². The van der Waals surface area contributed by atoms with Crippen molar-refractivity contribution in [3.05, 3.63) is 41.7 Å². The molecular formula is C17H23ClN4O. The van der Waals surface area contributed by atoms with Gasteiger partial charge in [0.15, 0.2) is 0 Å². The van der Waals surface area contributed by atoms with Crippen LogP contribution < -0.4 is 10.6 Å². The fraction of sp³-hybridized carbons (Fsp3) is 0.412. The van der Waals surface area contributed by atoms with Gasteiger partial charge in [0.05, 0.1) is 11.4 Å². The van der Waals surface area contributed by atoms with Gasteiger partial charge < -0.3 is 10.6 Å². The van der Waals surface area contributed by atoms with Crippen LogP contribution in [0.1, 0.15) is 24.2 Å². The zero-order valence-electron chi connectivity index (χ0n) is 13.5. The Balaban J connectivity index is 0.00000192. The fourth-order valence-electron chi connectivity index (χ4n) is 2.93. The van der Waals surface area contributed by atoms with Gasteiger partial charge in [0.1, 0.15) is 0 Å². The van der Waals surface area contributed by atoms with E-state index in [0.29, 0.717) is 0 Å². The molecule has 2 aromatic rings. The van der Waals surface area contributed by atoms with Crippen LogP contribution in [0.25, 0.3) is 5.69 Å². The van der Waals surface area contributed by atoms with Crippen molar-refractivity contribution in [2.45, 2.75) is 26.7 Å². The van der Waals surface area contributed by atoms with Crippen molar-refractivity contribution in [1.29, 1.82) is 0 Å². The lowest BCUT2D eigenvalue weighted by Crippen LogP contribution is -2.34. The number of rotatable bonds is 3. The van der Waals surface area contributed by atoms with E-state index in [1.165, 1.54) is 0 Å². The molecule has 23 heavy (non-hydrogen) atoms. The molecule has 124 valence electrons. The molecule has 2 N–H and O–H groups in total. The summed E-state index contributed by atoms with van der Waals surface area (Å²) in [7, 11) is 0. The number of amides is 1. The lowest BCUT2D eigenvalue weighted by atomic mass is 9.97. The Morgan fingerprint density at radius 1 is 1.26 bits per heavy atom. The molecule has 1 amide bonds. The molecule has 5 nitrogen and oxygen atoms in total. The van der Waals surface area contributed by atoms with Gasteiger partial charge >= 0.3 is 0 Å². The number of hydrogen-bond donors (Lipinski definition) is 2. The van der Waals surface area contributed by atoms with Gasteiger partial charge in [0, 0.05) is 17.3 Å². The maximum Gasteiger partial charge on any atom is 0.227 e. The average molecular weight is 335 g/mol. The minimum atomic E-state index is 0. The quantitative estimate of drug-likeness (QED) is 0.907. The second-order valence-electron chi connectivity index (χ2n) is 5.90. The number of nitrogens with one attached hydrogen (secondary N) is 2. The summed E-state index contributed by atoms with van der Waals surface area (Å²) < 4.78 is 1.90. The van der Waals surface area contributed by atoms with Crippen molar-refractivity contribution in [2.75, 3.05) is 18.4 Å². The van der Waals surface area contributed by atoms with E-state index in [1.807, 2.05) is 48.9 Å². The van der Waals surface area contributed by atoms with Crippen molar-refractivity contribution in [3.8, 4) is 5.69 Å². The Labute approximate surface area is 142 Å². The van der Waals surface area contributed by atoms with Crippen molar-refractivity contribution < 1.29 is 4.79 Å². The minimum absolute atomic E-state index is 0. The van der Waals surface area contributed by atoms with Crippen LogP contribution >= 0.6 is 12.4 Å². The topological polar surface area (TPSA) is 59.0 Å². The fourth-order valence-corrected chi connectivity index (χ4v) is 2.93. The van der Waals surface area contributed by atoms with E-state index in [2.05, 4.69) is 15.7 Å². The van der Waals surface area contributed by atoms with E-state index >= 15 is 0 Å². The largest absolute Gasteiger partial charge is 0.326 e. The first-order chi connectivity index (χ1) is 10.6. The molecule has 0 spiro atoms. The minimum Gasteiger partial charge on any atom is -0.326 e. The van der Waals surface area contributed by atoms with Gasteiger partial charge in [-0.2, -0.15) is 5.10 Å². The Kier molecular flexibility index (Phi) is 5.80. The highest BCUT2D eigenvalue weighted by atomic mass is 35.5. The summed E-state index contributed by atoms with van der Waals surface area (Å²) in [5.41, 5.74) is 3.86. The monoisotopic (exact) mass is 334 g/mol. The van der Waals surface area contributed by atoms with Gasteiger partial charge in [0.2, 0.25) is 5.91 Å². The lowest BCUT2D eigenvalue weighted by Gasteiger charge is -2.21. The molecule has 0 aliphatic carbocycles. The van der Waals surface area contributed by atoms with E-state index in [9.17, 15) is 4.79 Å². The van der Waals surface area contributed by atoms with Gasteiger partial charge in [-0.25, -0.2) is 4.68 Å². The Morgan fingerprint density at radius 3 is 2.65 bits per heavy atom. The number of aryl methyl sites for hydroxylation is 2. The zero-order valence-corrected chi connectivity index (χ0v) is 14.3. The molecule has 0 bridgehead atoms. The maximum absolute atomic E-state index is 12.3. The second kappa shape index (κ2) is 7.62. The standard InChI is InChI=1S/C17H22N4O.ClH/c1-12-10-13(2)21(20-12)16-5-3-4-15(11-16)19-17(22)14-6-8-18-9-7-14;/h3-5,10-11,14,18H,6-9H2,1-2H3,(H,19,22);1H. The van der Waals surface area contributed by atoms with Crippen LogP contribution in [0, 0.1) is 19.8 Å². The molecule has 0 radical (unpaired) electrons. The van der Waals surface area contributed by atoms with Crippen LogP contribution in [-0.2, 0) is 4.79 Å². The summed E-state index contributed by atoms with van der Waals surface area (Å²) in [5.74, 6) is 0.227. The van der Waals surface area contributed by atoms with Gasteiger partial charge in [-0.3, -0.25) is 4.79 Å². The molecule has 1 saturated heterocycles. The normalized spacial score (nSPS) is 15.0. The number of anilines is 1. The Bertz CT molecular complexity index is 677. The summed E-state index contributed by atoms with van der Waals surface area (Å²) in [6, 6.07) is 9.89. The third-order valence-corrected chi connectivity index (χ3v) is 4.08. The third kappa shape index (κ3) is 4.12. The van der Waals surface area contributed by atoms with Crippen molar-refractivity contribution >= 4 is 24.0 Å². The van der Waals surface area contributed by atoms with Crippen LogP contribution in [0.3, 0.4) is 0 Å². The lowest BCUT2D eigenvalue weighted by molar-refractivity contribution is -0.120. The molecule has 0 unspecified atom stereocenters. The van der Waals surface area contributed by atoms with Crippen LogP contribution in [0.5, 0.6) is 0 Å². The summed E-state index contributed by atoms with van der Waals surface area (Å²) in [6.07, 6.45) is 1.81. The first kappa shape index (κ1) is 17.5. The van der Waals surface area contributed by atoms with Crippen LogP contribution in [0.15, 0.2) is 30.3 Å². The molecule has 1 fully saturated rings. The molecule has 0 saturated carbocycles. The summed E-state index contributed by atoms with van der Waals surface area (Å²) in [5, 5.41) is 10.8. The number of benzene rings is 1. The number of aromatic nitrogens is 2. The number of hydrogen-bond acceptors (Lipinski definition) is 3. The highest BCUT2D eigenvalue weighted by Gasteiger charge is 2.20.